The molecule has 2 N–H and O–H groups in total. The average molecular weight is 477 g/mol. The van der Waals surface area contributed by atoms with Crippen LogP contribution in [0.2, 0.25) is 0 Å². The molecule has 3 aromatic carbocycles. The molecule has 9 heteroatoms. The number of rotatable bonds is 6. The summed E-state index contributed by atoms with van der Waals surface area (Å²) in [6, 6.07) is 18.7. The van der Waals surface area contributed by atoms with Crippen molar-refractivity contribution in [3.8, 4) is 11.5 Å². The molecule has 2 aliphatic rings. The summed E-state index contributed by atoms with van der Waals surface area (Å²) >= 11 is 0. The highest BCUT2D eigenvalue weighted by Gasteiger charge is 2.22. The summed E-state index contributed by atoms with van der Waals surface area (Å²) in [7, 11) is 0. The van der Waals surface area contributed by atoms with E-state index in [1.165, 1.54) is 6.07 Å². The van der Waals surface area contributed by atoms with Gasteiger partial charge in [0, 0.05) is 37.9 Å². The van der Waals surface area contributed by atoms with Gasteiger partial charge in [-0.3, -0.25) is 14.5 Å². The zero-order valence-corrected chi connectivity index (χ0v) is 19.0. The van der Waals surface area contributed by atoms with Gasteiger partial charge in [0.05, 0.1) is 23.5 Å². The van der Waals surface area contributed by atoms with Crippen LogP contribution in [0.1, 0.15) is 10.4 Å². The number of ether oxygens (including phenoxy) is 2. The first-order chi connectivity index (χ1) is 17.1. The second-order valence-electron chi connectivity index (χ2n) is 8.33. The minimum atomic E-state index is -0.349. The van der Waals surface area contributed by atoms with Gasteiger partial charge in [-0.1, -0.05) is 24.3 Å². The molecule has 3 aromatic rings. The number of nitrogens with zero attached hydrogens (tertiary/aromatic N) is 2. The lowest BCUT2D eigenvalue weighted by atomic mass is 10.1. The molecule has 0 bridgehead atoms. The van der Waals surface area contributed by atoms with E-state index < -0.39 is 0 Å². The summed E-state index contributed by atoms with van der Waals surface area (Å²) < 4.78 is 24.7. The summed E-state index contributed by atoms with van der Waals surface area (Å²) in [5.41, 5.74) is 1.93. The molecule has 2 aliphatic heterocycles. The summed E-state index contributed by atoms with van der Waals surface area (Å²) in [6.45, 7) is 2.86. The predicted octanol–water partition coefficient (Wildman–Crippen LogP) is 3.57. The van der Waals surface area contributed by atoms with Gasteiger partial charge in [-0.15, -0.1) is 0 Å². The van der Waals surface area contributed by atoms with Crippen LogP contribution in [0.4, 0.5) is 21.5 Å². The quantitative estimate of drug-likeness (QED) is 0.566. The molecule has 0 atom stereocenters. The third-order valence-corrected chi connectivity index (χ3v) is 6.01. The Morgan fingerprint density at radius 3 is 2.43 bits per heavy atom. The number of carbonyl (C=O) groups is 2. The molecule has 180 valence electrons. The van der Waals surface area contributed by atoms with E-state index in [4.69, 9.17) is 9.47 Å². The highest BCUT2D eigenvalue weighted by atomic mass is 19.1. The van der Waals surface area contributed by atoms with Crippen LogP contribution in [-0.2, 0) is 4.79 Å². The van der Waals surface area contributed by atoms with Crippen LogP contribution in [0.5, 0.6) is 11.5 Å². The number of benzene rings is 3. The Kier molecular flexibility index (Phi) is 6.49. The van der Waals surface area contributed by atoms with Crippen molar-refractivity contribution in [3.63, 3.8) is 0 Å². The molecule has 1 fully saturated rings. The van der Waals surface area contributed by atoms with E-state index >= 15 is 0 Å². The zero-order valence-electron chi connectivity index (χ0n) is 19.0. The molecule has 1 saturated heterocycles. The van der Waals surface area contributed by atoms with Gasteiger partial charge in [0.2, 0.25) is 12.7 Å². The number of carbonyl (C=O) groups excluding carboxylic acids is 2. The van der Waals surface area contributed by atoms with E-state index in [9.17, 15) is 14.0 Å². The Balaban J connectivity index is 1.18. The summed E-state index contributed by atoms with van der Waals surface area (Å²) in [4.78, 5) is 29.7. The van der Waals surface area contributed by atoms with E-state index in [0.29, 0.717) is 60.3 Å². The second-order valence-corrected chi connectivity index (χ2v) is 8.33. The minimum absolute atomic E-state index is 0.153. The van der Waals surface area contributed by atoms with Gasteiger partial charge in [-0.25, -0.2) is 4.39 Å². The molecule has 0 spiro atoms. The van der Waals surface area contributed by atoms with Gasteiger partial charge < -0.3 is 25.0 Å². The van der Waals surface area contributed by atoms with Crippen LogP contribution in [0, 0.1) is 5.82 Å². The van der Waals surface area contributed by atoms with Crippen molar-refractivity contribution in [2.45, 2.75) is 0 Å². The number of anilines is 3. The van der Waals surface area contributed by atoms with Gasteiger partial charge in [0.25, 0.3) is 5.91 Å². The molecule has 8 nitrogen and oxygen atoms in total. The van der Waals surface area contributed by atoms with E-state index in [1.807, 2.05) is 15.9 Å². The van der Waals surface area contributed by atoms with E-state index in [-0.39, 0.29) is 31.0 Å². The smallest absolute Gasteiger partial charge is 0.257 e. The lowest BCUT2D eigenvalue weighted by Gasteiger charge is -2.35. The normalized spacial score (nSPS) is 15.1. The van der Waals surface area contributed by atoms with Crippen molar-refractivity contribution >= 4 is 28.9 Å². The first-order valence-corrected chi connectivity index (χ1v) is 11.4. The molecule has 0 unspecified atom stereocenters. The SMILES string of the molecule is O=C(CN1CCN(c2ccccc2F)CC1)Nc1ccccc1C(=O)Nc1ccc2c(c1)OCO2. The molecule has 35 heavy (non-hydrogen) atoms. The van der Waals surface area contributed by atoms with Crippen molar-refractivity contribution in [3.05, 3.63) is 78.1 Å². The van der Waals surface area contributed by atoms with E-state index in [1.54, 1.807) is 54.6 Å². The van der Waals surface area contributed by atoms with Crippen molar-refractivity contribution in [2.24, 2.45) is 0 Å². The molecule has 2 amide bonds. The molecular formula is C26H25FN4O4. The second kappa shape index (κ2) is 10.0. The average Bonchev–Trinajstić information content (AvgIpc) is 3.33. The molecule has 5 rings (SSSR count). The van der Waals surface area contributed by atoms with Crippen LogP contribution >= 0.6 is 0 Å². The Morgan fingerprint density at radius 2 is 1.60 bits per heavy atom. The number of hydrogen-bond acceptors (Lipinski definition) is 6. The van der Waals surface area contributed by atoms with Crippen molar-refractivity contribution in [1.82, 2.24) is 4.90 Å². The first kappa shape index (κ1) is 22.7. The van der Waals surface area contributed by atoms with Crippen molar-refractivity contribution < 1.29 is 23.5 Å². The number of hydrogen-bond donors (Lipinski definition) is 2. The standard InChI is InChI=1S/C26H25FN4O4/c27-20-6-2-4-8-22(20)31-13-11-30(12-14-31)16-25(32)29-21-7-3-1-5-19(21)26(33)28-18-9-10-23-24(15-18)35-17-34-23/h1-10,15H,11-14,16-17H2,(H,28,33)(H,29,32). The number of amides is 2. The van der Waals surface area contributed by atoms with Crippen molar-refractivity contribution in [2.75, 3.05) is 55.1 Å². The van der Waals surface area contributed by atoms with Crippen LogP contribution < -0.4 is 25.0 Å². The van der Waals surface area contributed by atoms with E-state index in [0.717, 1.165) is 0 Å². The highest BCUT2D eigenvalue weighted by Crippen LogP contribution is 2.34. The lowest BCUT2D eigenvalue weighted by Crippen LogP contribution is -2.49. The molecule has 0 aliphatic carbocycles. The number of piperazine rings is 1. The maximum Gasteiger partial charge on any atom is 0.257 e. The number of para-hydroxylation sites is 2. The van der Waals surface area contributed by atoms with Crippen LogP contribution in [0.25, 0.3) is 0 Å². The Bertz CT molecular complexity index is 1240. The monoisotopic (exact) mass is 476 g/mol. The Morgan fingerprint density at radius 1 is 0.857 bits per heavy atom. The van der Waals surface area contributed by atoms with Gasteiger partial charge in [0.1, 0.15) is 5.82 Å². The van der Waals surface area contributed by atoms with Crippen LogP contribution in [-0.4, -0.2) is 56.2 Å². The van der Waals surface area contributed by atoms with Gasteiger partial charge >= 0.3 is 0 Å². The largest absolute Gasteiger partial charge is 0.454 e. The van der Waals surface area contributed by atoms with Gasteiger partial charge in [-0.05, 0) is 36.4 Å². The van der Waals surface area contributed by atoms with Gasteiger partial charge in [-0.2, -0.15) is 0 Å². The molecule has 2 heterocycles. The topological polar surface area (TPSA) is 83.1 Å². The number of nitrogens with one attached hydrogen (secondary N) is 2. The fourth-order valence-electron chi connectivity index (χ4n) is 4.21. The Labute approximate surface area is 202 Å². The maximum atomic E-state index is 14.1. The summed E-state index contributed by atoms with van der Waals surface area (Å²) in [6.07, 6.45) is 0. The number of fused-ring (bicyclic) bond motifs is 1. The number of halogens is 1. The minimum Gasteiger partial charge on any atom is -0.454 e. The zero-order chi connectivity index (χ0) is 24.2. The third-order valence-electron chi connectivity index (χ3n) is 6.01. The third kappa shape index (κ3) is 5.20. The molecule has 0 radical (unpaired) electrons. The summed E-state index contributed by atoms with van der Waals surface area (Å²) in [5, 5.41) is 5.69. The fourth-order valence-corrected chi connectivity index (χ4v) is 4.21. The predicted molar refractivity (Wildman–Crippen MR) is 131 cm³/mol. The summed E-state index contributed by atoms with van der Waals surface area (Å²) in [5.74, 6) is 0.394. The van der Waals surface area contributed by atoms with Gasteiger partial charge in [0.15, 0.2) is 11.5 Å². The van der Waals surface area contributed by atoms with E-state index in [2.05, 4.69) is 10.6 Å². The van der Waals surface area contributed by atoms with Crippen LogP contribution in [0.15, 0.2) is 66.7 Å². The molecular weight excluding hydrogens is 451 g/mol. The Hall–Kier alpha value is -4.11. The highest BCUT2D eigenvalue weighted by molar-refractivity contribution is 6.10. The molecule has 0 aromatic heterocycles. The first-order valence-electron chi connectivity index (χ1n) is 11.4. The maximum absolute atomic E-state index is 14.1. The van der Waals surface area contributed by atoms with Crippen molar-refractivity contribution in [1.29, 1.82) is 0 Å². The fraction of sp³-hybridized carbons (Fsp3) is 0.231. The van der Waals surface area contributed by atoms with Crippen LogP contribution in [0.3, 0.4) is 0 Å². The lowest BCUT2D eigenvalue weighted by molar-refractivity contribution is -0.117. The molecule has 0 saturated carbocycles.